The maximum absolute atomic E-state index is 13.8. The van der Waals surface area contributed by atoms with Crippen molar-refractivity contribution in [3.05, 3.63) is 29.6 Å². The smallest absolute Gasteiger partial charge is 0.146 e. The number of benzene rings is 1. The molecule has 3 nitrogen and oxygen atoms in total. The Hall–Kier alpha value is -1.13. The summed E-state index contributed by atoms with van der Waals surface area (Å²) >= 11 is 0. The molecule has 0 bridgehead atoms. The standard InChI is InChI=1S/C14H21FN2O/c1-2-16-10-11-3-4-13(15)14(9-11)17-7-5-12(18)6-8-17/h3-4,9,12,16,18H,2,5-8,10H2,1H3. The number of halogens is 1. The molecule has 2 rings (SSSR count). The Balaban J connectivity index is 2.10. The molecule has 1 saturated heterocycles. The second-order valence-electron chi connectivity index (χ2n) is 4.78. The molecule has 0 aliphatic carbocycles. The highest BCUT2D eigenvalue weighted by Gasteiger charge is 2.19. The topological polar surface area (TPSA) is 35.5 Å². The molecule has 0 saturated carbocycles. The van der Waals surface area contributed by atoms with Crippen molar-refractivity contribution < 1.29 is 9.50 Å². The van der Waals surface area contributed by atoms with Crippen LogP contribution in [-0.4, -0.2) is 30.8 Å². The van der Waals surface area contributed by atoms with Crippen LogP contribution in [-0.2, 0) is 6.54 Å². The first-order valence-corrected chi connectivity index (χ1v) is 6.63. The van der Waals surface area contributed by atoms with Crippen LogP contribution in [0, 0.1) is 5.82 Å². The van der Waals surface area contributed by atoms with E-state index in [0.717, 1.165) is 44.6 Å². The average molecular weight is 252 g/mol. The van der Waals surface area contributed by atoms with Gasteiger partial charge in [0.1, 0.15) is 5.82 Å². The summed E-state index contributed by atoms with van der Waals surface area (Å²) in [5, 5.41) is 12.7. The van der Waals surface area contributed by atoms with Gasteiger partial charge in [0.2, 0.25) is 0 Å². The van der Waals surface area contributed by atoms with Gasteiger partial charge in [0.25, 0.3) is 0 Å². The number of hydrogen-bond donors (Lipinski definition) is 2. The van der Waals surface area contributed by atoms with Gasteiger partial charge in [0, 0.05) is 19.6 Å². The number of anilines is 1. The fourth-order valence-corrected chi connectivity index (χ4v) is 2.29. The van der Waals surface area contributed by atoms with Gasteiger partial charge in [0.05, 0.1) is 11.8 Å². The Morgan fingerprint density at radius 1 is 1.39 bits per heavy atom. The van der Waals surface area contributed by atoms with Gasteiger partial charge >= 0.3 is 0 Å². The SMILES string of the molecule is CCNCc1ccc(F)c(N2CCC(O)CC2)c1. The molecular weight excluding hydrogens is 231 g/mol. The first-order chi connectivity index (χ1) is 8.70. The number of hydrogen-bond acceptors (Lipinski definition) is 3. The minimum absolute atomic E-state index is 0.174. The van der Waals surface area contributed by atoms with Gasteiger partial charge in [-0.25, -0.2) is 4.39 Å². The predicted octanol–water partition coefficient (Wildman–Crippen LogP) is 1.90. The lowest BCUT2D eigenvalue weighted by Gasteiger charge is -2.32. The van der Waals surface area contributed by atoms with Crippen LogP contribution < -0.4 is 10.2 Å². The van der Waals surface area contributed by atoms with E-state index in [-0.39, 0.29) is 11.9 Å². The van der Waals surface area contributed by atoms with Crippen molar-refractivity contribution in [3.8, 4) is 0 Å². The zero-order chi connectivity index (χ0) is 13.0. The third-order valence-corrected chi connectivity index (χ3v) is 3.39. The third-order valence-electron chi connectivity index (χ3n) is 3.39. The molecule has 100 valence electrons. The second-order valence-corrected chi connectivity index (χ2v) is 4.78. The quantitative estimate of drug-likeness (QED) is 0.859. The first kappa shape index (κ1) is 13.3. The summed E-state index contributed by atoms with van der Waals surface area (Å²) in [6, 6.07) is 5.27. The average Bonchev–Trinajstić information content (AvgIpc) is 2.39. The zero-order valence-corrected chi connectivity index (χ0v) is 10.8. The monoisotopic (exact) mass is 252 g/mol. The number of rotatable bonds is 4. The Labute approximate surface area is 108 Å². The van der Waals surface area contributed by atoms with Gasteiger partial charge in [-0.2, -0.15) is 0 Å². The molecule has 1 heterocycles. The van der Waals surface area contributed by atoms with Crippen LogP contribution in [0.4, 0.5) is 10.1 Å². The van der Waals surface area contributed by atoms with Gasteiger partial charge in [-0.3, -0.25) is 0 Å². The van der Waals surface area contributed by atoms with Crippen molar-refractivity contribution in [2.75, 3.05) is 24.5 Å². The highest BCUT2D eigenvalue weighted by atomic mass is 19.1. The molecule has 1 aliphatic heterocycles. The lowest BCUT2D eigenvalue weighted by Crippen LogP contribution is -2.36. The van der Waals surface area contributed by atoms with Crippen molar-refractivity contribution in [1.82, 2.24) is 5.32 Å². The minimum atomic E-state index is -0.228. The van der Waals surface area contributed by atoms with E-state index in [2.05, 4.69) is 12.2 Å². The van der Waals surface area contributed by atoms with E-state index >= 15 is 0 Å². The Morgan fingerprint density at radius 3 is 2.78 bits per heavy atom. The summed E-state index contributed by atoms with van der Waals surface area (Å²) in [4.78, 5) is 2.03. The number of aliphatic hydroxyl groups excluding tert-OH is 1. The van der Waals surface area contributed by atoms with E-state index in [0.29, 0.717) is 5.69 Å². The molecule has 0 atom stereocenters. The maximum Gasteiger partial charge on any atom is 0.146 e. The van der Waals surface area contributed by atoms with Crippen LogP contribution in [0.25, 0.3) is 0 Å². The van der Waals surface area contributed by atoms with Gasteiger partial charge in [-0.1, -0.05) is 13.0 Å². The molecule has 0 spiro atoms. The Bertz CT molecular complexity index is 389. The summed E-state index contributed by atoms with van der Waals surface area (Å²) in [6.45, 7) is 5.17. The number of nitrogens with zero attached hydrogens (tertiary/aromatic N) is 1. The number of nitrogens with one attached hydrogen (secondary N) is 1. The third kappa shape index (κ3) is 3.21. The van der Waals surface area contributed by atoms with Gasteiger partial charge < -0.3 is 15.3 Å². The molecule has 18 heavy (non-hydrogen) atoms. The van der Waals surface area contributed by atoms with E-state index in [1.807, 2.05) is 17.0 Å². The predicted molar refractivity (Wildman–Crippen MR) is 71.2 cm³/mol. The normalized spacial score (nSPS) is 17.2. The zero-order valence-electron chi connectivity index (χ0n) is 10.8. The minimum Gasteiger partial charge on any atom is -0.393 e. The highest BCUT2D eigenvalue weighted by Crippen LogP contribution is 2.24. The van der Waals surface area contributed by atoms with Crippen LogP contribution in [0.1, 0.15) is 25.3 Å². The van der Waals surface area contributed by atoms with E-state index in [1.54, 1.807) is 0 Å². The van der Waals surface area contributed by atoms with Crippen molar-refractivity contribution >= 4 is 5.69 Å². The summed E-state index contributed by atoms with van der Waals surface area (Å²) in [7, 11) is 0. The van der Waals surface area contributed by atoms with Gasteiger partial charge in [0.15, 0.2) is 0 Å². The van der Waals surface area contributed by atoms with Crippen LogP contribution in [0.15, 0.2) is 18.2 Å². The fraction of sp³-hybridized carbons (Fsp3) is 0.571. The molecule has 1 fully saturated rings. The molecule has 1 aromatic rings. The second kappa shape index (κ2) is 6.16. The summed E-state index contributed by atoms with van der Waals surface area (Å²) in [6.07, 6.45) is 1.21. The van der Waals surface area contributed by atoms with Crippen LogP contribution >= 0.6 is 0 Å². The van der Waals surface area contributed by atoms with Crippen molar-refractivity contribution in [1.29, 1.82) is 0 Å². The summed E-state index contributed by atoms with van der Waals surface area (Å²) in [5.74, 6) is -0.174. The van der Waals surface area contributed by atoms with E-state index in [9.17, 15) is 9.50 Å². The highest BCUT2D eigenvalue weighted by molar-refractivity contribution is 5.50. The summed E-state index contributed by atoms with van der Waals surface area (Å²) < 4.78 is 13.8. The molecule has 1 aromatic carbocycles. The maximum atomic E-state index is 13.8. The molecule has 1 aliphatic rings. The molecule has 2 N–H and O–H groups in total. The van der Waals surface area contributed by atoms with E-state index in [4.69, 9.17) is 0 Å². The van der Waals surface area contributed by atoms with Gasteiger partial charge in [-0.15, -0.1) is 0 Å². The molecule has 4 heteroatoms. The Morgan fingerprint density at radius 2 is 2.11 bits per heavy atom. The van der Waals surface area contributed by atoms with Crippen molar-refractivity contribution in [2.45, 2.75) is 32.4 Å². The molecule has 0 amide bonds. The molecule has 0 unspecified atom stereocenters. The first-order valence-electron chi connectivity index (χ1n) is 6.63. The fourth-order valence-electron chi connectivity index (χ4n) is 2.29. The van der Waals surface area contributed by atoms with Crippen molar-refractivity contribution in [3.63, 3.8) is 0 Å². The largest absolute Gasteiger partial charge is 0.393 e. The van der Waals surface area contributed by atoms with Crippen LogP contribution in [0.2, 0.25) is 0 Å². The number of piperidine rings is 1. The molecule has 0 aromatic heterocycles. The van der Waals surface area contributed by atoms with Crippen LogP contribution in [0.3, 0.4) is 0 Å². The molecular formula is C14H21FN2O. The Kier molecular flexibility index (Phi) is 4.55. The lowest BCUT2D eigenvalue weighted by atomic mass is 10.1. The molecule has 0 radical (unpaired) electrons. The van der Waals surface area contributed by atoms with E-state index < -0.39 is 0 Å². The number of aliphatic hydroxyl groups is 1. The van der Waals surface area contributed by atoms with Gasteiger partial charge in [-0.05, 0) is 37.1 Å². The summed E-state index contributed by atoms with van der Waals surface area (Å²) in [5.41, 5.74) is 1.76. The van der Waals surface area contributed by atoms with E-state index in [1.165, 1.54) is 6.07 Å². The van der Waals surface area contributed by atoms with Crippen molar-refractivity contribution in [2.24, 2.45) is 0 Å². The lowest BCUT2D eigenvalue weighted by molar-refractivity contribution is 0.145. The van der Waals surface area contributed by atoms with Crippen LogP contribution in [0.5, 0.6) is 0 Å².